The van der Waals surface area contributed by atoms with E-state index in [0.29, 0.717) is 5.69 Å². The van der Waals surface area contributed by atoms with Gasteiger partial charge in [0.15, 0.2) is 0 Å². The normalized spacial score (nSPS) is 10.9. The summed E-state index contributed by atoms with van der Waals surface area (Å²) in [7, 11) is 0. The van der Waals surface area contributed by atoms with Gasteiger partial charge in [-0.1, -0.05) is 48.5 Å². The average Bonchev–Trinajstić information content (AvgIpc) is 2.55. The van der Waals surface area contributed by atoms with E-state index in [2.05, 4.69) is 10.5 Å². The average molecular weight is 291 g/mol. The molecular formula is C17H13N3O2. The summed E-state index contributed by atoms with van der Waals surface area (Å²) in [6.45, 7) is 0. The first-order valence-corrected chi connectivity index (χ1v) is 6.75. The van der Waals surface area contributed by atoms with Crippen LogP contribution in [0.2, 0.25) is 0 Å². The van der Waals surface area contributed by atoms with E-state index in [1.165, 1.54) is 6.07 Å². The lowest BCUT2D eigenvalue weighted by atomic mass is 10.1. The van der Waals surface area contributed by atoms with Gasteiger partial charge in [-0.3, -0.25) is 15.5 Å². The van der Waals surface area contributed by atoms with E-state index in [0.717, 1.165) is 16.3 Å². The predicted octanol–water partition coefficient (Wildman–Crippen LogP) is 4.19. The first-order valence-electron chi connectivity index (χ1n) is 6.75. The fourth-order valence-electron chi connectivity index (χ4n) is 2.19. The van der Waals surface area contributed by atoms with Crippen molar-refractivity contribution in [3.8, 4) is 0 Å². The number of nitro benzene ring substituents is 1. The number of hydrogen-bond acceptors (Lipinski definition) is 4. The molecule has 108 valence electrons. The number of nitrogens with zero attached hydrogens (tertiary/aromatic N) is 2. The van der Waals surface area contributed by atoms with Crippen LogP contribution in [-0.4, -0.2) is 11.1 Å². The first-order chi connectivity index (χ1) is 10.7. The van der Waals surface area contributed by atoms with Crippen molar-refractivity contribution >= 4 is 28.4 Å². The smallest absolute Gasteiger partial charge is 0.272 e. The fourth-order valence-corrected chi connectivity index (χ4v) is 2.19. The lowest BCUT2D eigenvalue weighted by Gasteiger charge is -2.02. The number of hydrogen-bond donors (Lipinski definition) is 1. The monoisotopic (exact) mass is 291 g/mol. The minimum Gasteiger partial charge on any atom is -0.272 e. The van der Waals surface area contributed by atoms with Crippen molar-refractivity contribution in [1.29, 1.82) is 0 Å². The molecule has 3 rings (SSSR count). The zero-order chi connectivity index (χ0) is 15.4. The van der Waals surface area contributed by atoms with E-state index >= 15 is 0 Å². The summed E-state index contributed by atoms with van der Waals surface area (Å²) in [5.74, 6) is 0. The molecule has 0 aromatic heterocycles. The largest absolute Gasteiger partial charge is 0.294 e. The molecule has 0 amide bonds. The molecule has 0 fully saturated rings. The van der Waals surface area contributed by atoms with Crippen LogP contribution in [0.4, 0.5) is 11.4 Å². The summed E-state index contributed by atoms with van der Waals surface area (Å²) in [5, 5.41) is 17.3. The quantitative estimate of drug-likeness (QED) is 0.445. The number of fused-ring (bicyclic) bond motifs is 1. The van der Waals surface area contributed by atoms with Crippen LogP contribution in [0.3, 0.4) is 0 Å². The van der Waals surface area contributed by atoms with Gasteiger partial charge < -0.3 is 0 Å². The Labute approximate surface area is 127 Å². The van der Waals surface area contributed by atoms with Gasteiger partial charge in [0, 0.05) is 6.07 Å². The van der Waals surface area contributed by atoms with Crippen LogP contribution < -0.4 is 5.43 Å². The van der Waals surface area contributed by atoms with Crippen molar-refractivity contribution in [1.82, 2.24) is 0 Å². The van der Waals surface area contributed by atoms with Crippen molar-refractivity contribution in [3.05, 3.63) is 82.4 Å². The molecule has 0 bridgehead atoms. The molecule has 0 saturated heterocycles. The number of hydrazone groups is 1. The molecule has 5 heteroatoms. The molecule has 0 unspecified atom stereocenters. The third-order valence-corrected chi connectivity index (χ3v) is 3.27. The van der Waals surface area contributed by atoms with Gasteiger partial charge in [0.25, 0.3) is 5.69 Å². The van der Waals surface area contributed by atoms with E-state index in [4.69, 9.17) is 0 Å². The Morgan fingerprint density at radius 2 is 1.68 bits per heavy atom. The summed E-state index contributed by atoms with van der Waals surface area (Å²) >= 11 is 0. The molecule has 1 N–H and O–H groups in total. The Balaban J connectivity index is 1.80. The molecule has 0 radical (unpaired) electrons. The molecule has 0 atom stereocenters. The highest BCUT2D eigenvalue weighted by Crippen LogP contribution is 2.23. The number of nitro groups is 1. The minimum absolute atomic E-state index is 0.00170. The Morgan fingerprint density at radius 3 is 2.50 bits per heavy atom. The van der Waals surface area contributed by atoms with Crippen molar-refractivity contribution in [2.24, 2.45) is 5.10 Å². The van der Waals surface area contributed by atoms with Crippen LogP contribution in [0.25, 0.3) is 10.8 Å². The standard InChI is InChI=1S/C17H13N3O2/c21-20(22)17-8-4-3-7-16(17)19-18-12-13-9-10-14-5-1-2-6-15(14)11-13/h1-12,19H. The number of anilines is 1. The molecule has 3 aromatic rings. The molecule has 3 aromatic carbocycles. The van der Waals surface area contributed by atoms with Crippen LogP contribution in [0.15, 0.2) is 71.8 Å². The molecule has 0 aliphatic carbocycles. The molecule has 22 heavy (non-hydrogen) atoms. The Morgan fingerprint density at radius 1 is 0.955 bits per heavy atom. The van der Waals surface area contributed by atoms with E-state index in [1.807, 2.05) is 42.5 Å². The van der Waals surface area contributed by atoms with Crippen LogP contribution in [0.5, 0.6) is 0 Å². The zero-order valence-corrected chi connectivity index (χ0v) is 11.6. The Hall–Kier alpha value is -3.21. The molecule has 5 nitrogen and oxygen atoms in total. The molecule has 0 aliphatic rings. The topological polar surface area (TPSA) is 67.5 Å². The van der Waals surface area contributed by atoms with Crippen LogP contribution >= 0.6 is 0 Å². The zero-order valence-electron chi connectivity index (χ0n) is 11.6. The van der Waals surface area contributed by atoms with Gasteiger partial charge in [-0.25, -0.2) is 0 Å². The van der Waals surface area contributed by atoms with Gasteiger partial charge in [0.1, 0.15) is 5.69 Å². The molecule has 0 spiro atoms. The summed E-state index contributed by atoms with van der Waals surface area (Å²) in [6, 6.07) is 20.4. The lowest BCUT2D eigenvalue weighted by Crippen LogP contribution is -1.96. The van der Waals surface area contributed by atoms with Gasteiger partial charge in [0.2, 0.25) is 0 Å². The number of nitrogens with one attached hydrogen (secondary N) is 1. The highest BCUT2D eigenvalue weighted by molar-refractivity contribution is 5.90. The first kappa shape index (κ1) is 13.8. The second kappa shape index (κ2) is 6.05. The van der Waals surface area contributed by atoms with Gasteiger partial charge >= 0.3 is 0 Å². The SMILES string of the molecule is O=[N+]([O-])c1ccccc1NN=Cc1ccc2ccccc2c1. The predicted molar refractivity (Wildman–Crippen MR) is 88.3 cm³/mol. The Bertz CT molecular complexity index is 859. The van der Waals surface area contributed by atoms with Crippen molar-refractivity contribution < 1.29 is 4.92 Å². The van der Waals surface area contributed by atoms with E-state index in [-0.39, 0.29) is 5.69 Å². The minimum atomic E-state index is -0.437. The van der Waals surface area contributed by atoms with Crippen LogP contribution in [0, 0.1) is 10.1 Å². The highest BCUT2D eigenvalue weighted by Gasteiger charge is 2.10. The third-order valence-electron chi connectivity index (χ3n) is 3.27. The summed E-state index contributed by atoms with van der Waals surface area (Å²) in [5.41, 5.74) is 4.00. The van der Waals surface area contributed by atoms with E-state index in [9.17, 15) is 10.1 Å². The fraction of sp³-hybridized carbons (Fsp3) is 0. The van der Waals surface area contributed by atoms with Gasteiger partial charge in [-0.2, -0.15) is 5.10 Å². The van der Waals surface area contributed by atoms with Gasteiger partial charge in [0.05, 0.1) is 11.1 Å². The van der Waals surface area contributed by atoms with E-state index in [1.54, 1.807) is 24.4 Å². The van der Waals surface area contributed by atoms with Crippen molar-refractivity contribution in [2.45, 2.75) is 0 Å². The second-order valence-corrected chi connectivity index (χ2v) is 4.75. The highest BCUT2D eigenvalue weighted by atomic mass is 16.6. The van der Waals surface area contributed by atoms with Crippen molar-refractivity contribution in [2.75, 3.05) is 5.43 Å². The number of para-hydroxylation sites is 2. The summed E-state index contributed by atoms with van der Waals surface area (Å²) in [4.78, 5) is 10.5. The lowest BCUT2D eigenvalue weighted by molar-refractivity contribution is -0.384. The third kappa shape index (κ3) is 2.93. The molecular weight excluding hydrogens is 278 g/mol. The van der Waals surface area contributed by atoms with Crippen molar-refractivity contribution in [3.63, 3.8) is 0 Å². The maximum Gasteiger partial charge on any atom is 0.294 e. The summed E-state index contributed by atoms with van der Waals surface area (Å²) < 4.78 is 0. The van der Waals surface area contributed by atoms with E-state index < -0.39 is 4.92 Å². The van der Waals surface area contributed by atoms with Crippen LogP contribution in [0.1, 0.15) is 5.56 Å². The van der Waals surface area contributed by atoms with Gasteiger partial charge in [-0.05, 0) is 28.5 Å². The summed E-state index contributed by atoms with van der Waals surface area (Å²) in [6.07, 6.45) is 1.64. The van der Waals surface area contributed by atoms with Crippen LogP contribution in [-0.2, 0) is 0 Å². The molecule has 0 heterocycles. The molecule has 0 aliphatic heterocycles. The Kier molecular flexibility index (Phi) is 3.78. The maximum atomic E-state index is 10.9. The number of benzene rings is 3. The van der Waals surface area contributed by atoms with Gasteiger partial charge in [-0.15, -0.1) is 0 Å². The number of rotatable bonds is 4. The second-order valence-electron chi connectivity index (χ2n) is 4.75. The maximum absolute atomic E-state index is 10.9. The molecule has 0 saturated carbocycles.